The van der Waals surface area contributed by atoms with E-state index in [2.05, 4.69) is 106 Å². The number of carbonyl (C=O) groups is 3. The molecule has 0 aromatic rings. The zero-order chi connectivity index (χ0) is 57.8. The molecule has 0 amide bonds. The third-order valence-electron chi connectivity index (χ3n) is 15.1. The van der Waals surface area contributed by atoms with Crippen LogP contribution in [0.25, 0.3) is 0 Å². The van der Waals surface area contributed by atoms with Crippen molar-refractivity contribution in [3.8, 4) is 0 Å². The predicted octanol–water partition coefficient (Wildman–Crippen LogP) is 23.8. The molecule has 0 aliphatic carbocycles. The van der Waals surface area contributed by atoms with Gasteiger partial charge >= 0.3 is 17.9 Å². The standard InChI is InChI=1S/C74H130O6/c1-4-7-10-13-16-19-22-25-28-31-34-36-37-39-40-43-46-49-52-55-58-61-64-67-73(76)79-70-71(69-78-72(75)66-63-60-57-54-51-48-45-42-33-30-27-24-21-18-15-12-9-6-3)80-74(77)68-65-62-59-56-53-50-47-44-41-38-35-32-29-26-23-20-17-14-11-8-5-2/h7,10,16,19,23,25-26,28,30,32-36,71H,4-6,8-9,11-15,17-18,20-22,24,27,29,31,37-70H2,1-3H3/b10-7-,19-16-,26-23-,28-25-,33-30-,35-32-,36-34-. The number of rotatable bonds is 63. The van der Waals surface area contributed by atoms with E-state index in [1.807, 2.05) is 0 Å². The molecule has 6 nitrogen and oxygen atoms in total. The molecule has 0 aromatic heterocycles. The Kier molecular flexibility index (Phi) is 65.2. The molecule has 0 fully saturated rings. The maximum Gasteiger partial charge on any atom is 0.306 e. The molecule has 0 bridgehead atoms. The minimum absolute atomic E-state index is 0.0798. The van der Waals surface area contributed by atoms with E-state index in [4.69, 9.17) is 14.2 Å². The third kappa shape index (κ3) is 65.4. The number of unbranched alkanes of at least 4 members (excludes halogenated alkanes) is 38. The second-order valence-corrected chi connectivity index (χ2v) is 23.1. The molecule has 80 heavy (non-hydrogen) atoms. The van der Waals surface area contributed by atoms with E-state index in [1.54, 1.807) is 0 Å². The summed E-state index contributed by atoms with van der Waals surface area (Å²) < 4.78 is 17.0. The summed E-state index contributed by atoms with van der Waals surface area (Å²) in [6.07, 6.45) is 90.2. The molecule has 0 rings (SSSR count). The molecule has 0 N–H and O–H groups in total. The van der Waals surface area contributed by atoms with Crippen molar-refractivity contribution in [2.24, 2.45) is 0 Å². The molecular formula is C74H130O6. The largest absolute Gasteiger partial charge is 0.462 e. The van der Waals surface area contributed by atoms with Crippen molar-refractivity contribution in [3.63, 3.8) is 0 Å². The number of ether oxygens (including phenoxy) is 3. The van der Waals surface area contributed by atoms with Gasteiger partial charge in [0, 0.05) is 19.3 Å². The van der Waals surface area contributed by atoms with E-state index in [9.17, 15) is 14.4 Å². The van der Waals surface area contributed by atoms with Gasteiger partial charge in [0.05, 0.1) is 0 Å². The second-order valence-electron chi connectivity index (χ2n) is 23.1. The normalized spacial score (nSPS) is 12.6. The molecule has 6 heteroatoms. The molecule has 0 spiro atoms. The molecule has 1 unspecified atom stereocenters. The number of esters is 3. The van der Waals surface area contributed by atoms with Crippen LogP contribution in [-0.4, -0.2) is 37.2 Å². The summed E-state index contributed by atoms with van der Waals surface area (Å²) in [4.78, 5) is 38.5. The van der Waals surface area contributed by atoms with Gasteiger partial charge in [0.1, 0.15) is 13.2 Å². The summed E-state index contributed by atoms with van der Waals surface area (Å²) in [6.45, 7) is 6.55. The SMILES string of the molecule is CC/C=C\C/C=C\C/C=C\C/C=C\CCCCCCCCCCCCC(=O)OCC(COC(=O)CCCCCCCCC/C=C\CCCCCCCCC)OC(=O)CCCCCCCCCCC/C=C\C/C=C\CCCCCCC. The van der Waals surface area contributed by atoms with Crippen LogP contribution in [0.2, 0.25) is 0 Å². The fourth-order valence-corrected chi connectivity index (χ4v) is 9.93. The fourth-order valence-electron chi connectivity index (χ4n) is 9.93. The summed E-state index contributed by atoms with van der Waals surface area (Å²) in [5, 5.41) is 0. The average Bonchev–Trinajstić information content (AvgIpc) is 3.46. The van der Waals surface area contributed by atoms with Crippen molar-refractivity contribution in [2.75, 3.05) is 13.2 Å². The number of carbonyl (C=O) groups excluding carboxylic acids is 3. The van der Waals surface area contributed by atoms with E-state index in [1.165, 1.54) is 218 Å². The molecule has 0 heterocycles. The summed E-state index contributed by atoms with van der Waals surface area (Å²) in [6, 6.07) is 0. The van der Waals surface area contributed by atoms with Crippen LogP contribution in [0.1, 0.15) is 348 Å². The van der Waals surface area contributed by atoms with Gasteiger partial charge in [0.25, 0.3) is 0 Å². The lowest BCUT2D eigenvalue weighted by molar-refractivity contribution is -0.167. The Hall–Kier alpha value is -3.41. The van der Waals surface area contributed by atoms with Crippen molar-refractivity contribution in [2.45, 2.75) is 354 Å². The van der Waals surface area contributed by atoms with E-state index in [0.717, 1.165) is 89.9 Å². The van der Waals surface area contributed by atoms with Gasteiger partial charge < -0.3 is 14.2 Å². The van der Waals surface area contributed by atoms with E-state index in [0.29, 0.717) is 19.3 Å². The Balaban J connectivity index is 4.38. The predicted molar refractivity (Wildman–Crippen MR) is 348 cm³/mol. The lowest BCUT2D eigenvalue weighted by Gasteiger charge is -2.18. The fraction of sp³-hybridized carbons (Fsp3) is 0.770. The minimum Gasteiger partial charge on any atom is -0.462 e. The summed E-state index contributed by atoms with van der Waals surface area (Å²) in [5.74, 6) is -0.875. The topological polar surface area (TPSA) is 78.9 Å². The maximum absolute atomic E-state index is 13.0. The Bertz CT molecular complexity index is 1520. The molecule has 0 aliphatic rings. The molecule has 462 valence electrons. The van der Waals surface area contributed by atoms with Crippen LogP contribution in [-0.2, 0) is 28.6 Å². The van der Waals surface area contributed by atoms with Gasteiger partial charge in [0.15, 0.2) is 6.10 Å². The molecule has 0 radical (unpaired) electrons. The Labute approximate surface area is 496 Å². The zero-order valence-corrected chi connectivity index (χ0v) is 53.1. The Morgan fingerprint density at radius 3 is 0.775 bits per heavy atom. The van der Waals surface area contributed by atoms with Crippen molar-refractivity contribution in [3.05, 3.63) is 85.1 Å². The lowest BCUT2D eigenvalue weighted by atomic mass is 10.1. The van der Waals surface area contributed by atoms with Gasteiger partial charge in [-0.25, -0.2) is 0 Å². The van der Waals surface area contributed by atoms with Crippen molar-refractivity contribution < 1.29 is 28.6 Å². The summed E-state index contributed by atoms with van der Waals surface area (Å²) in [7, 11) is 0. The first-order chi connectivity index (χ1) is 39.5. The molecular weight excluding hydrogens is 985 g/mol. The second kappa shape index (κ2) is 68.1. The molecule has 1 atom stereocenters. The van der Waals surface area contributed by atoms with Gasteiger partial charge in [-0.05, 0) is 116 Å². The van der Waals surface area contributed by atoms with Crippen LogP contribution in [0.15, 0.2) is 85.1 Å². The molecule has 0 aliphatic heterocycles. The van der Waals surface area contributed by atoms with Crippen molar-refractivity contribution in [1.29, 1.82) is 0 Å². The Morgan fingerprint density at radius 2 is 0.487 bits per heavy atom. The van der Waals surface area contributed by atoms with Gasteiger partial charge in [-0.1, -0.05) is 298 Å². The molecule has 0 aromatic carbocycles. The van der Waals surface area contributed by atoms with Crippen LogP contribution in [0.5, 0.6) is 0 Å². The van der Waals surface area contributed by atoms with Gasteiger partial charge in [-0.15, -0.1) is 0 Å². The number of hydrogen-bond donors (Lipinski definition) is 0. The molecule has 0 saturated carbocycles. The Morgan fingerprint density at radius 1 is 0.263 bits per heavy atom. The van der Waals surface area contributed by atoms with Crippen molar-refractivity contribution in [1.82, 2.24) is 0 Å². The smallest absolute Gasteiger partial charge is 0.306 e. The summed E-state index contributed by atoms with van der Waals surface area (Å²) in [5.41, 5.74) is 0. The van der Waals surface area contributed by atoms with Gasteiger partial charge in [0.2, 0.25) is 0 Å². The van der Waals surface area contributed by atoms with E-state index < -0.39 is 6.10 Å². The monoisotopic (exact) mass is 1110 g/mol. The van der Waals surface area contributed by atoms with Crippen LogP contribution in [0, 0.1) is 0 Å². The minimum atomic E-state index is -0.785. The maximum atomic E-state index is 13.0. The molecule has 0 saturated heterocycles. The van der Waals surface area contributed by atoms with Gasteiger partial charge in [-0.2, -0.15) is 0 Å². The zero-order valence-electron chi connectivity index (χ0n) is 53.1. The van der Waals surface area contributed by atoms with Crippen LogP contribution in [0.3, 0.4) is 0 Å². The first-order valence-electron chi connectivity index (χ1n) is 34.6. The first-order valence-corrected chi connectivity index (χ1v) is 34.6. The highest BCUT2D eigenvalue weighted by molar-refractivity contribution is 5.71. The average molecular weight is 1120 g/mol. The van der Waals surface area contributed by atoms with Crippen LogP contribution < -0.4 is 0 Å². The summed E-state index contributed by atoms with van der Waals surface area (Å²) >= 11 is 0. The van der Waals surface area contributed by atoms with E-state index in [-0.39, 0.29) is 31.1 Å². The highest BCUT2D eigenvalue weighted by atomic mass is 16.6. The first kappa shape index (κ1) is 76.6. The van der Waals surface area contributed by atoms with Crippen LogP contribution in [0.4, 0.5) is 0 Å². The number of hydrogen-bond acceptors (Lipinski definition) is 6. The van der Waals surface area contributed by atoms with Gasteiger partial charge in [-0.3, -0.25) is 14.4 Å². The van der Waals surface area contributed by atoms with Crippen LogP contribution >= 0.6 is 0 Å². The van der Waals surface area contributed by atoms with Crippen molar-refractivity contribution >= 4 is 17.9 Å². The van der Waals surface area contributed by atoms with E-state index >= 15 is 0 Å². The lowest BCUT2D eigenvalue weighted by Crippen LogP contribution is -2.30. The highest BCUT2D eigenvalue weighted by Crippen LogP contribution is 2.17. The third-order valence-corrected chi connectivity index (χ3v) is 15.1. The highest BCUT2D eigenvalue weighted by Gasteiger charge is 2.19. The quantitative estimate of drug-likeness (QED) is 0.0261. The number of allylic oxidation sites excluding steroid dienone is 14.